The Morgan fingerprint density at radius 2 is 1.86 bits per heavy atom. The molecule has 0 amide bonds. The van der Waals surface area contributed by atoms with Crippen LogP contribution in [0.3, 0.4) is 0 Å². The molecule has 2 heterocycles. The van der Waals surface area contributed by atoms with E-state index in [1.54, 1.807) is 19.5 Å². The van der Waals surface area contributed by atoms with Crippen molar-refractivity contribution in [3.05, 3.63) is 42.7 Å². The molecule has 1 saturated heterocycles. The Morgan fingerprint density at radius 1 is 1.10 bits per heavy atom. The molecule has 0 spiro atoms. The summed E-state index contributed by atoms with van der Waals surface area (Å²) in [6.45, 7) is 3.83. The zero-order chi connectivity index (χ0) is 14.7. The zero-order valence-electron chi connectivity index (χ0n) is 12.2. The molecular formula is C16H20N4O. The predicted molar refractivity (Wildman–Crippen MR) is 86.1 cm³/mol. The van der Waals surface area contributed by atoms with Crippen molar-refractivity contribution in [1.82, 2.24) is 4.98 Å². The molecule has 0 unspecified atom stereocenters. The quantitative estimate of drug-likeness (QED) is 0.934. The summed E-state index contributed by atoms with van der Waals surface area (Å²) in [6.07, 6.45) is 3.50. The Hall–Kier alpha value is -2.43. The SMILES string of the molecule is COc1cccc(N2CCN(c3ccncc3N)CC2)c1. The average molecular weight is 284 g/mol. The molecule has 110 valence electrons. The van der Waals surface area contributed by atoms with Gasteiger partial charge < -0.3 is 20.3 Å². The monoisotopic (exact) mass is 284 g/mol. The molecule has 1 aromatic heterocycles. The lowest BCUT2D eigenvalue weighted by Crippen LogP contribution is -2.46. The van der Waals surface area contributed by atoms with Crippen LogP contribution in [0.1, 0.15) is 0 Å². The second kappa shape index (κ2) is 5.91. The second-order valence-electron chi connectivity index (χ2n) is 5.11. The lowest BCUT2D eigenvalue weighted by atomic mass is 10.2. The van der Waals surface area contributed by atoms with Gasteiger partial charge >= 0.3 is 0 Å². The van der Waals surface area contributed by atoms with Crippen LogP contribution in [-0.2, 0) is 0 Å². The first-order valence-electron chi connectivity index (χ1n) is 7.11. The number of piperazine rings is 1. The van der Waals surface area contributed by atoms with Crippen LogP contribution in [0, 0.1) is 0 Å². The number of nitrogens with two attached hydrogens (primary N) is 1. The molecule has 1 aliphatic heterocycles. The standard InChI is InChI=1S/C16H20N4O/c1-21-14-4-2-3-13(11-14)19-7-9-20(10-8-19)16-5-6-18-12-15(16)17/h2-6,11-12H,7-10,17H2,1H3. The van der Waals surface area contributed by atoms with Crippen LogP contribution in [0.5, 0.6) is 5.75 Å². The summed E-state index contributed by atoms with van der Waals surface area (Å²) in [6, 6.07) is 10.2. The van der Waals surface area contributed by atoms with E-state index in [0.29, 0.717) is 0 Å². The first-order chi connectivity index (χ1) is 10.3. The van der Waals surface area contributed by atoms with Gasteiger partial charge in [-0.2, -0.15) is 0 Å². The third kappa shape index (κ3) is 2.86. The number of benzene rings is 1. The molecule has 2 N–H and O–H groups in total. The highest BCUT2D eigenvalue weighted by atomic mass is 16.5. The minimum absolute atomic E-state index is 0.743. The van der Waals surface area contributed by atoms with E-state index in [1.165, 1.54) is 5.69 Å². The van der Waals surface area contributed by atoms with Gasteiger partial charge in [0, 0.05) is 44.1 Å². The van der Waals surface area contributed by atoms with Crippen molar-refractivity contribution in [3.8, 4) is 5.75 Å². The second-order valence-corrected chi connectivity index (χ2v) is 5.11. The molecule has 0 atom stereocenters. The summed E-state index contributed by atoms with van der Waals surface area (Å²) >= 11 is 0. The minimum Gasteiger partial charge on any atom is -0.497 e. The molecule has 0 aliphatic carbocycles. The van der Waals surface area contributed by atoms with Gasteiger partial charge in [-0.25, -0.2) is 0 Å². The van der Waals surface area contributed by atoms with E-state index in [0.717, 1.165) is 43.3 Å². The third-order valence-electron chi connectivity index (χ3n) is 3.87. The Labute approximate surface area is 125 Å². The molecule has 0 saturated carbocycles. The number of methoxy groups -OCH3 is 1. The highest BCUT2D eigenvalue weighted by Gasteiger charge is 2.19. The summed E-state index contributed by atoms with van der Waals surface area (Å²) in [5.74, 6) is 0.897. The number of anilines is 3. The minimum atomic E-state index is 0.743. The van der Waals surface area contributed by atoms with Crippen molar-refractivity contribution in [3.63, 3.8) is 0 Å². The van der Waals surface area contributed by atoms with Gasteiger partial charge in [0.2, 0.25) is 0 Å². The number of aromatic nitrogens is 1. The van der Waals surface area contributed by atoms with Gasteiger partial charge in [-0.1, -0.05) is 6.07 Å². The molecule has 1 aromatic carbocycles. The molecule has 1 aliphatic rings. The number of ether oxygens (including phenoxy) is 1. The van der Waals surface area contributed by atoms with Crippen LogP contribution >= 0.6 is 0 Å². The number of pyridine rings is 1. The normalized spacial score (nSPS) is 15.1. The maximum absolute atomic E-state index is 6.00. The van der Waals surface area contributed by atoms with Crippen molar-refractivity contribution in [2.45, 2.75) is 0 Å². The van der Waals surface area contributed by atoms with Gasteiger partial charge in [-0.3, -0.25) is 4.98 Å². The summed E-state index contributed by atoms with van der Waals surface area (Å²) in [5.41, 5.74) is 9.03. The first kappa shape index (κ1) is 13.5. The molecule has 1 fully saturated rings. The summed E-state index contributed by atoms with van der Waals surface area (Å²) in [5, 5.41) is 0. The van der Waals surface area contributed by atoms with E-state index in [2.05, 4.69) is 26.9 Å². The number of rotatable bonds is 3. The van der Waals surface area contributed by atoms with Crippen LogP contribution in [0.15, 0.2) is 42.7 Å². The van der Waals surface area contributed by atoms with Gasteiger partial charge in [0.05, 0.1) is 24.7 Å². The molecule has 21 heavy (non-hydrogen) atoms. The van der Waals surface area contributed by atoms with E-state index in [1.807, 2.05) is 18.2 Å². The van der Waals surface area contributed by atoms with Crippen LogP contribution in [0.2, 0.25) is 0 Å². The van der Waals surface area contributed by atoms with Crippen LogP contribution in [-0.4, -0.2) is 38.3 Å². The first-order valence-corrected chi connectivity index (χ1v) is 7.11. The molecule has 5 heteroatoms. The highest BCUT2D eigenvalue weighted by Crippen LogP contribution is 2.26. The summed E-state index contributed by atoms with van der Waals surface area (Å²) in [4.78, 5) is 8.73. The topological polar surface area (TPSA) is 54.6 Å². The molecular weight excluding hydrogens is 264 g/mol. The Bertz CT molecular complexity index is 609. The summed E-state index contributed by atoms with van der Waals surface area (Å²) < 4.78 is 5.29. The van der Waals surface area contributed by atoms with Gasteiger partial charge in [0.15, 0.2) is 0 Å². The Kier molecular flexibility index (Phi) is 3.81. The third-order valence-corrected chi connectivity index (χ3v) is 3.87. The molecule has 0 bridgehead atoms. The zero-order valence-corrected chi connectivity index (χ0v) is 12.2. The van der Waals surface area contributed by atoms with Crippen LogP contribution in [0.25, 0.3) is 0 Å². The van der Waals surface area contributed by atoms with E-state index in [-0.39, 0.29) is 0 Å². The number of hydrogen-bond acceptors (Lipinski definition) is 5. The maximum Gasteiger partial charge on any atom is 0.120 e. The Balaban J connectivity index is 1.69. The van der Waals surface area contributed by atoms with Gasteiger partial charge in [-0.15, -0.1) is 0 Å². The Morgan fingerprint density at radius 3 is 2.57 bits per heavy atom. The lowest BCUT2D eigenvalue weighted by Gasteiger charge is -2.37. The number of nitrogen functional groups attached to an aromatic ring is 1. The predicted octanol–water partition coefficient (Wildman–Crippen LogP) is 2.00. The fourth-order valence-corrected chi connectivity index (χ4v) is 2.70. The van der Waals surface area contributed by atoms with Crippen molar-refractivity contribution >= 4 is 17.1 Å². The van der Waals surface area contributed by atoms with E-state index in [4.69, 9.17) is 10.5 Å². The van der Waals surface area contributed by atoms with E-state index in [9.17, 15) is 0 Å². The van der Waals surface area contributed by atoms with Crippen molar-refractivity contribution in [1.29, 1.82) is 0 Å². The molecule has 3 rings (SSSR count). The van der Waals surface area contributed by atoms with E-state index >= 15 is 0 Å². The van der Waals surface area contributed by atoms with Gasteiger partial charge in [0.1, 0.15) is 5.75 Å². The average Bonchev–Trinajstić information content (AvgIpc) is 2.56. The van der Waals surface area contributed by atoms with Crippen LogP contribution in [0.4, 0.5) is 17.1 Å². The molecule has 2 aromatic rings. The van der Waals surface area contributed by atoms with Crippen molar-refractivity contribution < 1.29 is 4.74 Å². The van der Waals surface area contributed by atoms with E-state index < -0.39 is 0 Å². The van der Waals surface area contributed by atoms with Gasteiger partial charge in [-0.05, 0) is 18.2 Å². The highest BCUT2D eigenvalue weighted by molar-refractivity contribution is 5.66. The maximum atomic E-state index is 6.00. The lowest BCUT2D eigenvalue weighted by molar-refractivity contribution is 0.414. The molecule has 5 nitrogen and oxygen atoms in total. The largest absolute Gasteiger partial charge is 0.497 e. The van der Waals surface area contributed by atoms with Crippen molar-refractivity contribution in [2.75, 3.05) is 48.8 Å². The number of nitrogens with zero attached hydrogens (tertiary/aromatic N) is 3. The summed E-state index contributed by atoms with van der Waals surface area (Å²) in [7, 11) is 1.70. The smallest absolute Gasteiger partial charge is 0.120 e. The number of hydrogen-bond donors (Lipinski definition) is 1. The van der Waals surface area contributed by atoms with Crippen molar-refractivity contribution in [2.24, 2.45) is 0 Å². The fourth-order valence-electron chi connectivity index (χ4n) is 2.70. The van der Waals surface area contributed by atoms with Gasteiger partial charge in [0.25, 0.3) is 0 Å². The molecule has 0 radical (unpaired) electrons. The fraction of sp³-hybridized carbons (Fsp3) is 0.312. The van der Waals surface area contributed by atoms with Crippen LogP contribution < -0.4 is 20.3 Å².